The zero-order chi connectivity index (χ0) is 42.8. The predicted molar refractivity (Wildman–Crippen MR) is 271 cm³/mol. The van der Waals surface area contributed by atoms with Gasteiger partial charge in [0.1, 0.15) is 0 Å². The fourth-order valence-corrected chi connectivity index (χ4v) is 11.2. The average Bonchev–Trinajstić information content (AvgIpc) is 3.86. The lowest BCUT2D eigenvalue weighted by molar-refractivity contribution is 0.660. The number of hydrogen-bond acceptors (Lipinski definition) is 3. The molecule has 3 heteroatoms. The van der Waals surface area contributed by atoms with Gasteiger partial charge in [-0.1, -0.05) is 196 Å². The predicted octanol–water partition coefficient (Wildman–Crippen LogP) is 16.8. The summed E-state index contributed by atoms with van der Waals surface area (Å²) in [5.74, 6) is 0.700. The molecule has 12 rings (SSSR count). The summed E-state index contributed by atoms with van der Waals surface area (Å²) >= 11 is 1.86. The number of rotatable bonds is 7. The highest BCUT2D eigenvalue weighted by Gasteiger charge is 2.37. The van der Waals surface area contributed by atoms with Crippen molar-refractivity contribution in [2.75, 3.05) is 0 Å². The number of nitrogens with zero attached hydrogens (tertiary/aromatic N) is 2. The highest BCUT2D eigenvalue weighted by molar-refractivity contribution is 7.26. The molecule has 0 bridgehead atoms. The van der Waals surface area contributed by atoms with E-state index in [2.05, 4.69) is 226 Å². The Bertz CT molecular complexity index is 3570. The third kappa shape index (κ3) is 6.39. The van der Waals surface area contributed by atoms with Crippen LogP contribution in [-0.4, -0.2) is 9.97 Å². The van der Waals surface area contributed by atoms with Gasteiger partial charge in [0.05, 0.1) is 11.4 Å². The van der Waals surface area contributed by atoms with E-state index in [-0.39, 0.29) is 5.41 Å². The lowest BCUT2D eigenvalue weighted by Gasteiger charge is -2.22. The summed E-state index contributed by atoms with van der Waals surface area (Å²) in [6, 6.07) is 79.1. The van der Waals surface area contributed by atoms with Crippen LogP contribution >= 0.6 is 11.3 Å². The first-order valence-electron chi connectivity index (χ1n) is 22.0. The maximum absolute atomic E-state index is 5.42. The van der Waals surface area contributed by atoms with E-state index in [0.29, 0.717) is 5.82 Å². The Hall–Kier alpha value is -7.72. The Morgan fingerprint density at radius 2 is 0.875 bits per heavy atom. The van der Waals surface area contributed by atoms with Crippen molar-refractivity contribution in [1.82, 2.24) is 9.97 Å². The molecule has 11 aromatic rings. The Morgan fingerprint density at radius 1 is 0.344 bits per heavy atom. The monoisotopic (exact) mass is 834 g/mol. The first-order chi connectivity index (χ1) is 31.5. The largest absolute Gasteiger partial charge is 0.228 e. The first-order valence-corrected chi connectivity index (χ1v) is 22.8. The fraction of sp³-hybridized carbons (Fsp3) is 0.0492. The molecule has 0 saturated carbocycles. The van der Waals surface area contributed by atoms with E-state index in [9.17, 15) is 0 Å². The lowest BCUT2D eigenvalue weighted by atomic mass is 9.81. The van der Waals surface area contributed by atoms with Gasteiger partial charge >= 0.3 is 0 Å². The topological polar surface area (TPSA) is 25.8 Å². The molecule has 0 amide bonds. The van der Waals surface area contributed by atoms with Crippen LogP contribution in [0.25, 0.3) is 110 Å². The van der Waals surface area contributed by atoms with E-state index in [1.165, 1.54) is 75.8 Å². The quantitative estimate of drug-likeness (QED) is 0.160. The van der Waals surface area contributed by atoms with Gasteiger partial charge in [0.15, 0.2) is 5.82 Å². The standard InChI is InChI=1S/C61H42N2S/c1-61(2)53-30-17-27-48(40-20-8-4-9-21-40)58(53)52-33-32-42(37-54(52)61)55-38-56(63-60(62-55)41-22-10-5-11-23-41)45-35-43(47-25-13-12-24-46(47)39-18-6-3-7-19-39)34-44(36-45)49-28-16-29-51-50-26-14-15-31-57(50)64-59(49)51/h3-38H,1-2H3. The molecule has 64 heavy (non-hydrogen) atoms. The number of fused-ring (bicyclic) bond motifs is 6. The molecule has 0 fully saturated rings. The van der Waals surface area contributed by atoms with Crippen LogP contribution in [0.4, 0.5) is 0 Å². The summed E-state index contributed by atoms with van der Waals surface area (Å²) < 4.78 is 2.58. The van der Waals surface area contributed by atoms with Crippen molar-refractivity contribution in [3.05, 3.63) is 230 Å². The molecule has 0 saturated heterocycles. The Morgan fingerprint density at radius 3 is 1.61 bits per heavy atom. The molecular formula is C61H42N2S. The molecule has 0 N–H and O–H groups in total. The van der Waals surface area contributed by atoms with Crippen LogP contribution < -0.4 is 0 Å². The van der Waals surface area contributed by atoms with Crippen LogP contribution in [0.1, 0.15) is 25.0 Å². The van der Waals surface area contributed by atoms with Crippen molar-refractivity contribution in [3.8, 4) is 89.5 Å². The Labute approximate surface area is 377 Å². The second-order valence-corrected chi connectivity index (χ2v) is 18.4. The van der Waals surface area contributed by atoms with Crippen LogP contribution in [0.15, 0.2) is 218 Å². The maximum Gasteiger partial charge on any atom is 0.160 e. The molecule has 302 valence electrons. The van der Waals surface area contributed by atoms with Crippen molar-refractivity contribution < 1.29 is 0 Å². The molecule has 1 aliphatic carbocycles. The van der Waals surface area contributed by atoms with Gasteiger partial charge in [0.25, 0.3) is 0 Å². The first kappa shape index (κ1) is 38.0. The van der Waals surface area contributed by atoms with Gasteiger partial charge in [0.2, 0.25) is 0 Å². The lowest BCUT2D eigenvalue weighted by Crippen LogP contribution is -2.15. The van der Waals surface area contributed by atoms with Gasteiger partial charge in [0, 0.05) is 42.3 Å². The highest BCUT2D eigenvalue weighted by atomic mass is 32.1. The minimum absolute atomic E-state index is 0.202. The molecule has 0 spiro atoms. The van der Waals surface area contributed by atoms with Gasteiger partial charge in [-0.2, -0.15) is 0 Å². The Kier molecular flexibility index (Phi) is 9.06. The second kappa shape index (κ2) is 15.3. The van der Waals surface area contributed by atoms with Gasteiger partial charge < -0.3 is 0 Å². The summed E-state index contributed by atoms with van der Waals surface area (Å²) in [6.45, 7) is 4.71. The van der Waals surface area contributed by atoms with Crippen LogP contribution in [0.2, 0.25) is 0 Å². The molecular weight excluding hydrogens is 793 g/mol. The van der Waals surface area contributed by atoms with Crippen molar-refractivity contribution in [3.63, 3.8) is 0 Å². The zero-order valence-electron chi connectivity index (χ0n) is 35.6. The average molecular weight is 835 g/mol. The van der Waals surface area contributed by atoms with Gasteiger partial charge in [-0.15, -0.1) is 11.3 Å². The fourth-order valence-electron chi connectivity index (χ4n) is 9.93. The molecule has 1 aliphatic rings. The molecule has 0 unspecified atom stereocenters. The van der Waals surface area contributed by atoms with Crippen LogP contribution in [0.3, 0.4) is 0 Å². The van der Waals surface area contributed by atoms with E-state index >= 15 is 0 Å². The van der Waals surface area contributed by atoms with Gasteiger partial charge in [-0.05, 0) is 103 Å². The van der Waals surface area contributed by atoms with Gasteiger partial charge in [-0.3, -0.25) is 0 Å². The van der Waals surface area contributed by atoms with Crippen molar-refractivity contribution in [2.24, 2.45) is 0 Å². The smallest absolute Gasteiger partial charge is 0.160 e. The number of thiophene rings is 1. The minimum atomic E-state index is -0.202. The number of benzene rings is 9. The summed E-state index contributed by atoms with van der Waals surface area (Å²) in [6.07, 6.45) is 0. The van der Waals surface area contributed by atoms with Crippen molar-refractivity contribution in [1.29, 1.82) is 0 Å². The zero-order valence-corrected chi connectivity index (χ0v) is 36.4. The summed E-state index contributed by atoms with van der Waals surface area (Å²) in [5.41, 5.74) is 19.5. The van der Waals surface area contributed by atoms with E-state index in [1.54, 1.807) is 0 Å². The van der Waals surface area contributed by atoms with E-state index in [1.807, 2.05) is 17.4 Å². The third-order valence-corrected chi connectivity index (χ3v) is 14.3. The summed E-state index contributed by atoms with van der Waals surface area (Å²) in [4.78, 5) is 10.8. The number of hydrogen-bond donors (Lipinski definition) is 0. The summed E-state index contributed by atoms with van der Waals surface area (Å²) in [5, 5.41) is 2.57. The molecule has 0 atom stereocenters. The molecule has 9 aromatic carbocycles. The SMILES string of the molecule is CC1(C)c2cc(-c3cc(-c4cc(-c5ccccc5-c5ccccc5)cc(-c5cccc6c5sc5ccccc56)c4)nc(-c4ccccc4)n3)ccc2-c2c(-c3ccccc3)cccc21. The molecule has 2 nitrogen and oxygen atoms in total. The molecule has 0 radical (unpaired) electrons. The van der Waals surface area contributed by atoms with Crippen molar-refractivity contribution >= 4 is 31.5 Å². The van der Waals surface area contributed by atoms with Crippen molar-refractivity contribution in [2.45, 2.75) is 19.3 Å². The third-order valence-electron chi connectivity index (χ3n) is 13.1. The van der Waals surface area contributed by atoms with Crippen LogP contribution in [-0.2, 0) is 5.41 Å². The molecule has 2 heterocycles. The second-order valence-electron chi connectivity index (χ2n) is 17.3. The van der Waals surface area contributed by atoms with E-state index in [4.69, 9.17) is 9.97 Å². The van der Waals surface area contributed by atoms with E-state index < -0.39 is 0 Å². The summed E-state index contributed by atoms with van der Waals surface area (Å²) in [7, 11) is 0. The highest BCUT2D eigenvalue weighted by Crippen LogP contribution is 2.53. The van der Waals surface area contributed by atoms with E-state index in [0.717, 1.165) is 39.2 Å². The van der Waals surface area contributed by atoms with Gasteiger partial charge in [-0.25, -0.2) is 9.97 Å². The maximum atomic E-state index is 5.42. The molecule has 2 aromatic heterocycles. The molecule has 0 aliphatic heterocycles. The Balaban J connectivity index is 1.08. The normalized spacial score (nSPS) is 12.7. The van der Waals surface area contributed by atoms with Crippen LogP contribution in [0.5, 0.6) is 0 Å². The van der Waals surface area contributed by atoms with Crippen LogP contribution in [0, 0.1) is 0 Å². The number of aromatic nitrogens is 2. The minimum Gasteiger partial charge on any atom is -0.228 e.